The van der Waals surface area contributed by atoms with Crippen LogP contribution < -0.4 is 4.90 Å². The molecule has 0 N–H and O–H groups in total. The first-order valence-corrected chi connectivity index (χ1v) is 20.6. The lowest BCUT2D eigenvalue weighted by atomic mass is 9.88. The smallest absolute Gasteiger partial charge is 0.147 e. The summed E-state index contributed by atoms with van der Waals surface area (Å²) in [6.07, 6.45) is 9.68. The standard InChI is InChI=1S/C55H40N4/c1-57-54-42-20-6-5-17-37(42)31-34-46(54)53(40-19-13-18-39(35-40)36-15-3-2-4-16-36)56-55(57)38-29-32-41(33-30-38)58-49-26-12-9-23-45(49)52-50(58)27-14-28-51(52)59-47-24-10-7-21-43(47)44-22-8-11-25-48(44)59/h2-15,17-36,55H,16H2,1H3. The van der Waals surface area contributed by atoms with Crippen LogP contribution in [0.2, 0.25) is 0 Å². The Hall–Kier alpha value is -7.43. The Morgan fingerprint density at radius 1 is 0.525 bits per heavy atom. The van der Waals surface area contributed by atoms with E-state index in [0.29, 0.717) is 5.92 Å². The molecule has 0 radical (unpaired) electrons. The SMILES string of the molecule is CN1c2c(ccc3ccccc23)C(c2cccc(C3C=CC=CC3)c2)=NC1c1ccc(-n2c3ccccc3c3c(-n4c5ccccc5c5ccccc54)cccc32)cc1. The lowest BCUT2D eigenvalue weighted by molar-refractivity contribution is 0.701. The third-order valence-corrected chi connectivity index (χ3v) is 12.6. The van der Waals surface area contributed by atoms with E-state index in [4.69, 9.17) is 4.99 Å². The number of benzene rings is 8. The van der Waals surface area contributed by atoms with E-state index in [-0.39, 0.29) is 6.17 Å². The van der Waals surface area contributed by atoms with Crippen molar-refractivity contribution < 1.29 is 0 Å². The van der Waals surface area contributed by atoms with Gasteiger partial charge in [0.05, 0.1) is 39.2 Å². The van der Waals surface area contributed by atoms with E-state index < -0.39 is 0 Å². The van der Waals surface area contributed by atoms with Crippen LogP contribution in [0, 0.1) is 0 Å². The molecule has 1 aliphatic carbocycles. The Balaban J connectivity index is 1.01. The molecule has 0 spiro atoms. The van der Waals surface area contributed by atoms with Gasteiger partial charge >= 0.3 is 0 Å². The van der Waals surface area contributed by atoms with Gasteiger partial charge in [-0.3, -0.25) is 4.99 Å². The molecule has 2 unspecified atom stereocenters. The highest BCUT2D eigenvalue weighted by Gasteiger charge is 2.30. The van der Waals surface area contributed by atoms with Crippen molar-refractivity contribution in [3.8, 4) is 11.4 Å². The van der Waals surface area contributed by atoms with Crippen LogP contribution >= 0.6 is 0 Å². The number of anilines is 1. The van der Waals surface area contributed by atoms with Crippen molar-refractivity contribution in [2.45, 2.75) is 18.5 Å². The lowest BCUT2D eigenvalue weighted by Crippen LogP contribution is -2.30. The summed E-state index contributed by atoms with van der Waals surface area (Å²) in [4.78, 5) is 7.99. The molecule has 280 valence electrons. The number of hydrogen-bond donors (Lipinski definition) is 0. The highest BCUT2D eigenvalue weighted by atomic mass is 15.2. The molecule has 0 saturated carbocycles. The van der Waals surface area contributed by atoms with Gasteiger partial charge in [-0.15, -0.1) is 0 Å². The minimum atomic E-state index is -0.210. The number of fused-ring (bicyclic) bond motifs is 9. The Bertz CT molecular complexity index is 3340. The minimum absolute atomic E-state index is 0.210. The average molecular weight is 757 g/mol. The van der Waals surface area contributed by atoms with E-state index in [9.17, 15) is 0 Å². The molecule has 59 heavy (non-hydrogen) atoms. The zero-order chi connectivity index (χ0) is 39.0. The number of para-hydroxylation sites is 3. The molecule has 0 amide bonds. The molecule has 0 saturated heterocycles. The molecular weight excluding hydrogens is 717 g/mol. The number of aliphatic imine (C=N–C) groups is 1. The van der Waals surface area contributed by atoms with Gasteiger partial charge in [0.2, 0.25) is 0 Å². The number of rotatable bonds is 5. The van der Waals surface area contributed by atoms with Crippen LogP contribution in [0.4, 0.5) is 5.69 Å². The molecule has 1 aliphatic heterocycles. The predicted octanol–water partition coefficient (Wildman–Crippen LogP) is 13.6. The summed E-state index contributed by atoms with van der Waals surface area (Å²) >= 11 is 0. The first-order chi connectivity index (χ1) is 29.2. The maximum absolute atomic E-state index is 5.62. The quantitative estimate of drug-likeness (QED) is 0.172. The van der Waals surface area contributed by atoms with Crippen molar-refractivity contribution in [3.63, 3.8) is 0 Å². The number of allylic oxidation sites excluding steroid dienone is 4. The van der Waals surface area contributed by atoms with E-state index in [1.807, 2.05) is 0 Å². The lowest BCUT2D eigenvalue weighted by Gasteiger charge is -2.35. The third-order valence-electron chi connectivity index (χ3n) is 12.6. The van der Waals surface area contributed by atoms with Crippen LogP contribution in [0.5, 0.6) is 0 Å². The molecule has 2 atom stereocenters. The van der Waals surface area contributed by atoms with Gasteiger partial charge in [-0.05, 0) is 71.5 Å². The van der Waals surface area contributed by atoms with E-state index >= 15 is 0 Å². The van der Waals surface area contributed by atoms with Crippen LogP contribution in [0.15, 0.2) is 205 Å². The molecule has 4 nitrogen and oxygen atoms in total. The van der Waals surface area contributed by atoms with Gasteiger partial charge < -0.3 is 14.0 Å². The Kier molecular flexibility index (Phi) is 7.61. The normalized spacial score (nSPS) is 16.4. The summed E-state index contributed by atoms with van der Waals surface area (Å²) in [6, 6.07) is 64.5. The van der Waals surface area contributed by atoms with Gasteiger partial charge in [0.1, 0.15) is 6.17 Å². The Morgan fingerprint density at radius 3 is 1.93 bits per heavy atom. The predicted molar refractivity (Wildman–Crippen MR) is 248 cm³/mol. The van der Waals surface area contributed by atoms with E-state index in [0.717, 1.165) is 28.9 Å². The fraction of sp³-hybridized carbons (Fsp3) is 0.0727. The molecule has 10 aromatic rings. The van der Waals surface area contributed by atoms with Gasteiger partial charge in [0, 0.05) is 56.7 Å². The largest absolute Gasteiger partial charge is 0.348 e. The van der Waals surface area contributed by atoms with Crippen LogP contribution in [-0.4, -0.2) is 21.9 Å². The minimum Gasteiger partial charge on any atom is -0.348 e. The van der Waals surface area contributed by atoms with Gasteiger partial charge in [0.15, 0.2) is 0 Å². The maximum Gasteiger partial charge on any atom is 0.147 e. The van der Waals surface area contributed by atoms with E-state index in [1.54, 1.807) is 0 Å². The molecular formula is C55H40N4. The fourth-order valence-corrected chi connectivity index (χ4v) is 9.94. The van der Waals surface area contributed by atoms with Crippen molar-refractivity contribution in [2.75, 3.05) is 11.9 Å². The van der Waals surface area contributed by atoms with Crippen LogP contribution in [0.25, 0.3) is 65.8 Å². The first-order valence-electron chi connectivity index (χ1n) is 20.6. The summed E-state index contributed by atoms with van der Waals surface area (Å²) in [5, 5.41) is 7.47. The van der Waals surface area contributed by atoms with Gasteiger partial charge in [-0.25, -0.2) is 0 Å². The summed E-state index contributed by atoms with van der Waals surface area (Å²) in [5.74, 6) is 0.366. The van der Waals surface area contributed by atoms with E-state index in [1.165, 1.54) is 76.9 Å². The van der Waals surface area contributed by atoms with Crippen molar-refractivity contribution >= 4 is 65.8 Å². The van der Waals surface area contributed by atoms with Gasteiger partial charge in [-0.1, -0.05) is 152 Å². The molecule has 12 rings (SSSR count). The maximum atomic E-state index is 5.62. The highest BCUT2D eigenvalue weighted by molar-refractivity contribution is 6.21. The summed E-state index contributed by atoms with van der Waals surface area (Å²) in [7, 11) is 2.20. The van der Waals surface area contributed by atoms with Crippen molar-refractivity contribution in [3.05, 3.63) is 222 Å². The molecule has 4 heteroatoms. The third kappa shape index (κ3) is 5.19. The van der Waals surface area contributed by atoms with Crippen LogP contribution in [0.3, 0.4) is 0 Å². The first kappa shape index (κ1) is 33.7. The summed E-state index contributed by atoms with van der Waals surface area (Å²) in [5.41, 5.74) is 14.1. The molecule has 0 bridgehead atoms. The second-order valence-corrected chi connectivity index (χ2v) is 15.9. The fourth-order valence-electron chi connectivity index (χ4n) is 9.94. The zero-order valence-corrected chi connectivity index (χ0v) is 32.7. The summed E-state index contributed by atoms with van der Waals surface area (Å²) < 4.78 is 4.87. The number of nitrogens with zero attached hydrogens (tertiary/aromatic N) is 4. The Morgan fingerprint density at radius 2 is 1.19 bits per heavy atom. The average Bonchev–Trinajstić information content (AvgIpc) is 3.83. The monoisotopic (exact) mass is 756 g/mol. The van der Waals surface area contributed by atoms with Gasteiger partial charge in [-0.2, -0.15) is 0 Å². The molecule has 3 heterocycles. The van der Waals surface area contributed by atoms with Crippen molar-refractivity contribution in [1.29, 1.82) is 0 Å². The Labute approximate surface area is 342 Å². The van der Waals surface area contributed by atoms with Crippen molar-refractivity contribution in [2.24, 2.45) is 4.99 Å². The molecule has 2 aliphatic rings. The summed E-state index contributed by atoms with van der Waals surface area (Å²) in [6.45, 7) is 0. The second-order valence-electron chi connectivity index (χ2n) is 15.9. The highest BCUT2D eigenvalue weighted by Crippen LogP contribution is 2.43. The van der Waals surface area contributed by atoms with Crippen LogP contribution in [0.1, 0.15) is 40.8 Å². The molecule has 2 aromatic heterocycles. The molecule has 0 fully saturated rings. The van der Waals surface area contributed by atoms with E-state index in [2.05, 4.69) is 221 Å². The zero-order valence-electron chi connectivity index (χ0n) is 32.7. The molecule has 8 aromatic carbocycles. The van der Waals surface area contributed by atoms with Gasteiger partial charge in [0.25, 0.3) is 0 Å². The van der Waals surface area contributed by atoms with Crippen molar-refractivity contribution in [1.82, 2.24) is 9.13 Å². The second kappa shape index (κ2) is 13.3. The number of hydrogen-bond acceptors (Lipinski definition) is 2. The number of aromatic nitrogens is 2. The topological polar surface area (TPSA) is 25.5 Å². The van der Waals surface area contributed by atoms with Crippen LogP contribution in [-0.2, 0) is 0 Å².